The maximum absolute atomic E-state index is 13.7. The first kappa shape index (κ1) is 26.5. The maximum atomic E-state index is 13.7. The van der Waals surface area contributed by atoms with Gasteiger partial charge in [0.1, 0.15) is 24.1 Å². The smallest absolute Gasteiger partial charge is 0.487 e. The Morgan fingerprint density at radius 3 is 2.15 bits per heavy atom. The number of hydrogen-bond acceptors (Lipinski definition) is 4. The molecule has 2 N–H and O–H groups in total. The molecule has 9 heteroatoms. The zero-order valence-corrected chi connectivity index (χ0v) is 21.7. The summed E-state index contributed by atoms with van der Waals surface area (Å²) in [6, 6.07) is 15.1. The molecule has 0 aliphatic heterocycles. The SMILES string of the molecule is O=C(NC(C(=O)O)C12CC3CC(CC(C3)C1)C2)c1ccc2ccccc2c1OCc1ccc(OC(F)(F)F)cc1. The van der Waals surface area contributed by atoms with Crippen molar-refractivity contribution in [2.75, 3.05) is 0 Å². The minimum Gasteiger partial charge on any atom is -0.487 e. The normalized spacial score (nSPS) is 25.9. The summed E-state index contributed by atoms with van der Waals surface area (Å²) >= 11 is 0. The molecule has 1 atom stereocenters. The zero-order chi connectivity index (χ0) is 28.1. The predicted molar refractivity (Wildman–Crippen MR) is 141 cm³/mol. The number of fused-ring (bicyclic) bond motifs is 1. The Labute approximate surface area is 229 Å². The van der Waals surface area contributed by atoms with Crippen molar-refractivity contribution in [2.24, 2.45) is 23.2 Å². The molecule has 7 rings (SSSR count). The van der Waals surface area contributed by atoms with Crippen LogP contribution in [0.4, 0.5) is 13.2 Å². The molecule has 4 aliphatic carbocycles. The van der Waals surface area contributed by atoms with E-state index < -0.39 is 29.7 Å². The van der Waals surface area contributed by atoms with E-state index in [4.69, 9.17) is 4.74 Å². The van der Waals surface area contributed by atoms with Crippen LogP contribution in [-0.2, 0) is 11.4 Å². The van der Waals surface area contributed by atoms with E-state index in [1.807, 2.05) is 24.3 Å². The quantitative estimate of drug-likeness (QED) is 0.324. The molecule has 0 radical (unpaired) electrons. The monoisotopic (exact) mass is 553 g/mol. The van der Waals surface area contributed by atoms with Crippen molar-refractivity contribution < 1.29 is 37.3 Å². The number of nitrogens with one attached hydrogen (secondary N) is 1. The summed E-state index contributed by atoms with van der Waals surface area (Å²) in [6.07, 6.45) is 1.16. The maximum Gasteiger partial charge on any atom is 0.573 e. The van der Waals surface area contributed by atoms with Crippen molar-refractivity contribution in [1.29, 1.82) is 0 Å². The van der Waals surface area contributed by atoms with E-state index in [9.17, 15) is 27.9 Å². The molecular weight excluding hydrogens is 523 g/mol. The molecule has 4 aliphatic rings. The van der Waals surface area contributed by atoms with Crippen molar-refractivity contribution in [3.05, 3.63) is 71.8 Å². The third kappa shape index (κ3) is 5.21. The van der Waals surface area contributed by atoms with Crippen molar-refractivity contribution in [2.45, 2.75) is 57.5 Å². The average molecular weight is 554 g/mol. The fraction of sp³-hybridized carbons (Fsp3) is 0.419. The van der Waals surface area contributed by atoms with Crippen LogP contribution >= 0.6 is 0 Å². The number of aliphatic carboxylic acids is 1. The Morgan fingerprint density at radius 1 is 0.925 bits per heavy atom. The predicted octanol–water partition coefficient (Wildman–Crippen LogP) is 6.72. The molecule has 4 bridgehead atoms. The molecule has 4 saturated carbocycles. The van der Waals surface area contributed by atoms with E-state index in [1.165, 1.54) is 24.3 Å². The molecular formula is C31H30F3NO5. The fourth-order valence-corrected chi connectivity index (χ4v) is 7.74. The van der Waals surface area contributed by atoms with Gasteiger partial charge in [-0.25, -0.2) is 4.79 Å². The molecule has 210 valence electrons. The first-order valence-corrected chi connectivity index (χ1v) is 13.6. The Kier molecular flexibility index (Phi) is 6.63. The zero-order valence-electron chi connectivity index (χ0n) is 21.7. The average Bonchev–Trinajstić information content (AvgIpc) is 2.89. The lowest BCUT2D eigenvalue weighted by Crippen LogP contribution is -2.59. The van der Waals surface area contributed by atoms with Crippen LogP contribution in [0.5, 0.6) is 11.5 Å². The van der Waals surface area contributed by atoms with E-state index >= 15 is 0 Å². The van der Waals surface area contributed by atoms with Gasteiger partial charge in [0.2, 0.25) is 0 Å². The second kappa shape index (κ2) is 10.0. The van der Waals surface area contributed by atoms with Gasteiger partial charge in [-0.05, 0) is 85.4 Å². The van der Waals surface area contributed by atoms with E-state index in [-0.39, 0.29) is 17.9 Å². The molecule has 3 aromatic carbocycles. The largest absolute Gasteiger partial charge is 0.573 e. The Hall–Kier alpha value is -3.75. The van der Waals surface area contributed by atoms with Crippen LogP contribution in [-0.4, -0.2) is 29.4 Å². The van der Waals surface area contributed by atoms with Crippen LogP contribution in [0.3, 0.4) is 0 Å². The number of amides is 1. The van der Waals surface area contributed by atoms with Gasteiger partial charge in [-0.1, -0.05) is 42.5 Å². The summed E-state index contributed by atoms with van der Waals surface area (Å²) in [5.41, 5.74) is 0.353. The summed E-state index contributed by atoms with van der Waals surface area (Å²) in [5.74, 6) is -0.00302. The van der Waals surface area contributed by atoms with Gasteiger partial charge in [0.15, 0.2) is 0 Å². The number of benzene rings is 3. The van der Waals surface area contributed by atoms with E-state index in [1.54, 1.807) is 12.1 Å². The van der Waals surface area contributed by atoms with E-state index in [0.29, 0.717) is 34.5 Å². The topological polar surface area (TPSA) is 84.9 Å². The minimum absolute atomic E-state index is 0.0160. The summed E-state index contributed by atoms with van der Waals surface area (Å²) < 4.78 is 47.6. The van der Waals surface area contributed by atoms with Crippen LogP contribution < -0.4 is 14.8 Å². The Balaban J connectivity index is 1.26. The molecule has 40 heavy (non-hydrogen) atoms. The van der Waals surface area contributed by atoms with Gasteiger partial charge >= 0.3 is 12.3 Å². The van der Waals surface area contributed by atoms with Crippen molar-refractivity contribution >= 4 is 22.6 Å². The summed E-state index contributed by atoms with van der Waals surface area (Å²) in [4.78, 5) is 26.3. The van der Waals surface area contributed by atoms with Crippen molar-refractivity contribution in [3.63, 3.8) is 0 Å². The highest BCUT2D eigenvalue weighted by atomic mass is 19.4. The summed E-state index contributed by atoms with van der Waals surface area (Å²) in [6.45, 7) is -0.0160. The number of carbonyl (C=O) groups excluding carboxylic acids is 1. The lowest BCUT2D eigenvalue weighted by Gasteiger charge is -2.58. The van der Waals surface area contributed by atoms with Gasteiger partial charge in [-0.2, -0.15) is 0 Å². The highest BCUT2D eigenvalue weighted by Crippen LogP contribution is 2.61. The second-order valence-corrected chi connectivity index (χ2v) is 11.7. The molecule has 3 aromatic rings. The number of carboxylic acid groups (broad SMARTS) is 1. The van der Waals surface area contributed by atoms with E-state index in [2.05, 4.69) is 10.1 Å². The fourth-order valence-electron chi connectivity index (χ4n) is 7.74. The molecule has 6 nitrogen and oxygen atoms in total. The number of rotatable bonds is 8. The molecule has 1 amide bonds. The van der Waals surface area contributed by atoms with Crippen molar-refractivity contribution in [3.8, 4) is 11.5 Å². The summed E-state index contributed by atoms with van der Waals surface area (Å²) in [5, 5.41) is 14.7. The van der Waals surface area contributed by atoms with Crippen LogP contribution in [0, 0.1) is 23.2 Å². The third-order valence-electron chi connectivity index (χ3n) is 8.88. The third-order valence-corrected chi connectivity index (χ3v) is 8.88. The van der Waals surface area contributed by atoms with Crippen LogP contribution in [0.1, 0.15) is 54.4 Å². The Bertz CT molecular complexity index is 1400. The first-order chi connectivity index (χ1) is 19.1. The Morgan fingerprint density at radius 2 is 1.55 bits per heavy atom. The van der Waals surface area contributed by atoms with Crippen LogP contribution in [0.15, 0.2) is 60.7 Å². The number of carboxylic acids is 1. The lowest BCUT2D eigenvalue weighted by molar-refractivity contribution is -0.274. The number of hydrogen-bond donors (Lipinski definition) is 2. The molecule has 0 spiro atoms. The number of ether oxygens (including phenoxy) is 2. The van der Waals surface area contributed by atoms with Gasteiger partial charge < -0.3 is 19.9 Å². The minimum atomic E-state index is -4.78. The molecule has 0 aromatic heterocycles. The number of carbonyl (C=O) groups is 2. The van der Waals surface area contributed by atoms with Gasteiger partial charge in [0.25, 0.3) is 5.91 Å². The van der Waals surface area contributed by atoms with Crippen molar-refractivity contribution in [1.82, 2.24) is 5.32 Å². The lowest BCUT2D eigenvalue weighted by atomic mass is 9.47. The van der Waals surface area contributed by atoms with Crippen LogP contribution in [0.2, 0.25) is 0 Å². The standard InChI is InChI=1S/C31H30F3NO5/c32-31(33,34)40-23-8-5-18(6-9-23)17-39-26-24-4-2-1-3-22(24)7-10-25(26)28(36)35-27(29(37)38)30-14-19-11-20(15-30)13-21(12-19)16-30/h1-10,19-21,27H,11-17H2,(H,35,36)(H,37,38). The van der Waals surface area contributed by atoms with Gasteiger partial charge in [-0.3, -0.25) is 4.79 Å². The van der Waals surface area contributed by atoms with Gasteiger partial charge in [0, 0.05) is 10.8 Å². The highest BCUT2D eigenvalue weighted by molar-refractivity contribution is 6.05. The second-order valence-electron chi connectivity index (χ2n) is 11.7. The molecule has 0 saturated heterocycles. The summed E-state index contributed by atoms with van der Waals surface area (Å²) in [7, 11) is 0. The van der Waals surface area contributed by atoms with Crippen LogP contribution in [0.25, 0.3) is 10.8 Å². The van der Waals surface area contributed by atoms with Gasteiger partial charge in [-0.15, -0.1) is 13.2 Å². The highest BCUT2D eigenvalue weighted by Gasteiger charge is 2.56. The van der Waals surface area contributed by atoms with Gasteiger partial charge in [0.05, 0.1) is 5.56 Å². The molecule has 4 fully saturated rings. The molecule has 0 heterocycles. The number of halogens is 3. The molecule has 1 unspecified atom stereocenters. The van der Waals surface area contributed by atoms with E-state index in [0.717, 1.165) is 43.9 Å². The number of alkyl halides is 3. The first-order valence-electron chi connectivity index (χ1n) is 13.6.